The van der Waals surface area contributed by atoms with Gasteiger partial charge in [0.25, 0.3) is 5.56 Å². The number of fused-ring (bicyclic) bond motifs is 2. The lowest BCUT2D eigenvalue weighted by Crippen LogP contribution is -2.40. The molecule has 0 spiro atoms. The van der Waals surface area contributed by atoms with Crippen LogP contribution in [0.1, 0.15) is 35.2 Å². The Morgan fingerprint density at radius 1 is 1.13 bits per heavy atom. The van der Waals surface area contributed by atoms with Crippen LogP contribution >= 0.6 is 22.9 Å². The van der Waals surface area contributed by atoms with Gasteiger partial charge < -0.3 is 14.2 Å². The molecule has 0 N–H and O–H groups in total. The van der Waals surface area contributed by atoms with Crippen LogP contribution < -0.4 is 24.4 Å². The summed E-state index contributed by atoms with van der Waals surface area (Å²) < 4.78 is 18.6. The Bertz CT molecular complexity index is 1810. The summed E-state index contributed by atoms with van der Waals surface area (Å²) in [4.78, 5) is 32.9. The Morgan fingerprint density at radius 3 is 2.56 bits per heavy atom. The van der Waals surface area contributed by atoms with Crippen molar-refractivity contribution in [2.45, 2.75) is 19.9 Å². The van der Waals surface area contributed by atoms with Gasteiger partial charge in [0.15, 0.2) is 16.3 Å². The molecule has 1 aromatic heterocycles. The molecule has 0 saturated heterocycles. The molecule has 196 valence electrons. The first-order chi connectivity index (χ1) is 18.9. The van der Waals surface area contributed by atoms with Gasteiger partial charge in [0.2, 0.25) is 6.79 Å². The Morgan fingerprint density at radius 2 is 1.85 bits per heavy atom. The number of nitrogens with zero attached hydrogens (tertiary/aromatic N) is 2. The highest BCUT2D eigenvalue weighted by Gasteiger charge is 2.35. The molecule has 3 heterocycles. The topological polar surface area (TPSA) is 79.1 Å². The lowest BCUT2D eigenvalue weighted by Gasteiger charge is -2.25. The number of ether oxygens (including phenoxy) is 3. The molecule has 0 saturated carbocycles. The molecule has 0 radical (unpaired) electrons. The van der Waals surface area contributed by atoms with Crippen LogP contribution in [0.4, 0.5) is 0 Å². The maximum atomic E-state index is 14.0. The molecule has 0 amide bonds. The van der Waals surface area contributed by atoms with Gasteiger partial charge in [-0.25, -0.2) is 9.79 Å². The molecular formula is C30H23ClN2O5S. The summed E-state index contributed by atoms with van der Waals surface area (Å²) >= 11 is 7.46. The number of benzene rings is 3. The molecule has 0 bridgehead atoms. The summed E-state index contributed by atoms with van der Waals surface area (Å²) in [5, 5.41) is 0.550. The Kier molecular flexibility index (Phi) is 6.58. The first-order valence-electron chi connectivity index (χ1n) is 12.4. The summed E-state index contributed by atoms with van der Waals surface area (Å²) in [6.07, 6.45) is 1.83. The molecule has 0 fully saturated rings. The molecule has 7 nitrogen and oxygen atoms in total. The van der Waals surface area contributed by atoms with E-state index in [1.54, 1.807) is 23.6 Å². The van der Waals surface area contributed by atoms with E-state index in [0.29, 0.717) is 37.1 Å². The van der Waals surface area contributed by atoms with Crippen molar-refractivity contribution in [3.63, 3.8) is 0 Å². The number of halogens is 1. The van der Waals surface area contributed by atoms with Crippen LogP contribution in [-0.2, 0) is 9.53 Å². The van der Waals surface area contributed by atoms with Crippen LogP contribution in [0.5, 0.6) is 11.5 Å². The number of aryl methyl sites for hydroxylation is 1. The second kappa shape index (κ2) is 10.2. The molecule has 2 aliphatic rings. The van der Waals surface area contributed by atoms with E-state index in [2.05, 4.69) is 0 Å². The summed E-state index contributed by atoms with van der Waals surface area (Å²) in [7, 11) is 0. The van der Waals surface area contributed by atoms with Gasteiger partial charge in [0.1, 0.15) is 0 Å². The van der Waals surface area contributed by atoms with Crippen molar-refractivity contribution in [1.29, 1.82) is 0 Å². The zero-order chi connectivity index (χ0) is 27.1. The zero-order valence-electron chi connectivity index (χ0n) is 21.1. The molecule has 39 heavy (non-hydrogen) atoms. The van der Waals surface area contributed by atoms with Crippen molar-refractivity contribution in [2.75, 3.05) is 13.4 Å². The summed E-state index contributed by atoms with van der Waals surface area (Å²) in [6, 6.07) is 19.6. The van der Waals surface area contributed by atoms with Crippen LogP contribution in [0.15, 0.2) is 82.1 Å². The number of rotatable bonds is 5. The van der Waals surface area contributed by atoms with Crippen molar-refractivity contribution < 1.29 is 19.0 Å². The molecule has 4 aromatic rings. The first-order valence-corrected chi connectivity index (χ1v) is 13.6. The number of hydrogen-bond donors (Lipinski definition) is 0. The molecule has 3 aromatic carbocycles. The molecular weight excluding hydrogens is 536 g/mol. The lowest BCUT2D eigenvalue weighted by atomic mass is 9.93. The van der Waals surface area contributed by atoms with Crippen molar-refractivity contribution >= 4 is 40.7 Å². The normalized spacial score (nSPS) is 16.2. The molecule has 9 heteroatoms. The highest BCUT2D eigenvalue weighted by molar-refractivity contribution is 7.07. The van der Waals surface area contributed by atoms with E-state index in [1.807, 2.05) is 67.6 Å². The van der Waals surface area contributed by atoms with E-state index in [1.165, 1.54) is 11.3 Å². The molecule has 6 rings (SSSR count). The third-order valence-corrected chi connectivity index (χ3v) is 7.84. The smallest absolute Gasteiger partial charge is 0.338 e. The van der Waals surface area contributed by atoms with Crippen molar-refractivity contribution in [3.8, 4) is 11.5 Å². The van der Waals surface area contributed by atoms with Crippen molar-refractivity contribution in [3.05, 3.63) is 119 Å². The van der Waals surface area contributed by atoms with E-state index in [4.69, 9.17) is 30.8 Å². The number of hydrogen-bond acceptors (Lipinski definition) is 7. The molecule has 1 unspecified atom stereocenters. The zero-order valence-corrected chi connectivity index (χ0v) is 22.7. The minimum atomic E-state index is -0.757. The van der Waals surface area contributed by atoms with Gasteiger partial charge in [-0.1, -0.05) is 65.4 Å². The summed E-state index contributed by atoms with van der Waals surface area (Å²) in [5.74, 6) is 0.788. The highest BCUT2D eigenvalue weighted by atomic mass is 35.5. The number of carbonyl (C=O) groups excluding carboxylic acids is 1. The third kappa shape index (κ3) is 4.56. The highest BCUT2D eigenvalue weighted by Crippen LogP contribution is 2.36. The van der Waals surface area contributed by atoms with Gasteiger partial charge >= 0.3 is 5.97 Å². The number of aromatic nitrogens is 1. The van der Waals surface area contributed by atoms with Gasteiger partial charge in [-0.15, -0.1) is 0 Å². The Balaban J connectivity index is 1.63. The van der Waals surface area contributed by atoms with Gasteiger partial charge in [-0.2, -0.15) is 0 Å². The van der Waals surface area contributed by atoms with Crippen LogP contribution in [0, 0.1) is 6.92 Å². The predicted molar refractivity (Wildman–Crippen MR) is 150 cm³/mol. The van der Waals surface area contributed by atoms with E-state index in [9.17, 15) is 9.59 Å². The fraction of sp³-hybridized carbons (Fsp3) is 0.167. The number of thiazole rings is 1. The van der Waals surface area contributed by atoms with Crippen LogP contribution in [0.3, 0.4) is 0 Å². The lowest BCUT2D eigenvalue weighted by molar-refractivity contribution is -0.138. The second-order valence-electron chi connectivity index (χ2n) is 9.05. The van der Waals surface area contributed by atoms with Gasteiger partial charge in [-0.3, -0.25) is 9.36 Å². The molecule has 2 aliphatic heterocycles. The SMILES string of the molecule is CCOC(=O)C1=C(c2ccccc2)N=c2s/c(=C\c3cc4c(cc3C)OCO4)c(=O)n2C1c1ccc(Cl)cc1. The fourth-order valence-electron chi connectivity index (χ4n) is 4.76. The van der Waals surface area contributed by atoms with Gasteiger partial charge in [-0.05, 0) is 60.9 Å². The van der Waals surface area contributed by atoms with Crippen LogP contribution in [0.25, 0.3) is 11.8 Å². The van der Waals surface area contributed by atoms with Gasteiger partial charge in [0, 0.05) is 10.6 Å². The van der Waals surface area contributed by atoms with E-state index in [0.717, 1.165) is 22.3 Å². The largest absolute Gasteiger partial charge is 0.463 e. The van der Waals surface area contributed by atoms with E-state index < -0.39 is 12.0 Å². The predicted octanol–water partition coefficient (Wildman–Crippen LogP) is 4.63. The fourth-order valence-corrected chi connectivity index (χ4v) is 5.87. The molecule has 0 aliphatic carbocycles. The average Bonchev–Trinajstić information content (AvgIpc) is 3.52. The monoisotopic (exact) mass is 558 g/mol. The summed E-state index contributed by atoms with van der Waals surface area (Å²) in [5.41, 5.74) is 3.76. The maximum absolute atomic E-state index is 14.0. The Hall–Kier alpha value is -4.14. The molecule has 1 atom stereocenters. The Labute approximate surface area is 232 Å². The van der Waals surface area contributed by atoms with Gasteiger partial charge in [0.05, 0.1) is 28.5 Å². The van der Waals surface area contributed by atoms with Crippen LogP contribution in [0.2, 0.25) is 5.02 Å². The first kappa shape index (κ1) is 25.2. The van der Waals surface area contributed by atoms with Crippen LogP contribution in [-0.4, -0.2) is 23.9 Å². The second-order valence-corrected chi connectivity index (χ2v) is 10.5. The minimum Gasteiger partial charge on any atom is -0.463 e. The van der Waals surface area contributed by atoms with E-state index >= 15 is 0 Å². The third-order valence-electron chi connectivity index (χ3n) is 6.61. The average molecular weight is 559 g/mol. The number of esters is 1. The summed E-state index contributed by atoms with van der Waals surface area (Å²) in [6.45, 7) is 4.06. The van der Waals surface area contributed by atoms with E-state index in [-0.39, 0.29) is 19.0 Å². The van der Waals surface area contributed by atoms with Crippen molar-refractivity contribution in [1.82, 2.24) is 4.57 Å². The van der Waals surface area contributed by atoms with Crippen molar-refractivity contribution in [2.24, 2.45) is 4.99 Å². The standard InChI is InChI=1S/C30H23ClN2O5S/c1-3-36-29(35)25-26(18-7-5-4-6-8-18)32-30-33(27(25)19-9-11-21(31)12-10-19)28(34)24(39-30)15-20-14-23-22(13-17(20)2)37-16-38-23/h4-15,27H,3,16H2,1-2H3/b24-15-. The maximum Gasteiger partial charge on any atom is 0.338 e. The minimum absolute atomic E-state index is 0.167. The number of carbonyl (C=O) groups is 1. The quantitative estimate of drug-likeness (QED) is 0.334.